The van der Waals surface area contributed by atoms with Gasteiger partial charge in [-0.1, -0.05) is 31.4 Å². The predicted molar refractivity (Wildman–Crippen MR) is 85.7 cm³/mol. The molecule has 0 heterocycles. The third-order valence-corrected chi connectivity index (χ3v) is 4.37. The second kappa shape index (κ2) is 7.49. The van der Waals surface area contributed by atoms with E-state index in [4.69, 9.17) is 22.1 Å². The monoisotopic (exact) mass is 324 g/mol. The Labute approximate surface area is 135 Å². The molecule has 2 atom stereocenters. The summed E-state index contributed by atoms with van der Waals surface area (Å²) >= 11 is 5.79. The Bertz CT molecular complexity index is 562. The third kappa shape index (κ3) is 4.37. The summed E-state index contributed by atoms with van der Waals surface area (Å²) in [6, 6.07) is 4.65. The number of nitrogen functional groups attached to an aromatic ring is 1. The van der Waals surface area contributed by atoms with Crippen molar-refractivity contribution in [2.45, 2.75) is 38.6 Å². The number of hydrogen-bond donors (Lipinski definition) is 2. The largest absolute Gasteiger partial charge is 0.452 e. The maximum absolute atomic E-state index is 11.9. The summed E-state index contributed by atoms with van der Waals surface area (Å²) in [5.41, 5.74) is 6.22. The van der Waals surface area contributed by atoms with E-state index in [1.165, 1.54) is 24.6 Å². The van der Waals surface area contributed by atoms with Gasteiger partial charge in [0, 0.05) is 6.04 Å². The Morgan fingerprint density at radius 1 is 1.36 bits per heavy atom. The number of benzene rings is 1. The first-order chi connectivity index (χ1) is 10.5. The number of amides is 1. The average Bonchev–Trinajstić information content (AvgIpc) is 2.50. The second-order valence-electron chi connectivity index (χ2n) is 5.75. The molecule has 1 aliphatic carbocycles. The molecule has 1 aromatic carbocycles. The van der Waals surface area contributed by atoms with Crippen molar-refractivity contribution in [1.82, 2.24) is 5.32 Å². The number of halogens is 1. The lowest BCUT2D eigenvalue weighted by molar-refractivity contribution is -0.125. The summed E-state index contributed by atoms with van der Waals surface area (Å²) in [5.74, 6) is -0.395. The summed E-state index contributed by atoms with van der Waals surface area (Å²) in [5, 5.41) is 3.31. The van der Waals surface area contributed by atoms with Crippen molar-refractivity contribution in [2.24, 2.45) is 5.92 Å². The summed E-state index contributed by atoms with van der Waals surface area (Å²) in [7, 11) is 0. The van der Waals surface area contributed by atoms with Crippen LogP contribution in [0.15, 0.2) is 18.2 Å². The zero-order chi connectivity index (χ0) is 16.1. The Morgan fingerprint density at radius 2 is 2.09 bits per heavy atom. The Balaban J connectivity index is 1.82. The third-order valence-electron chi connectivity index (χ3n) is 4.02. The van der Waals surface area contributed by atoms with Gasteiger partial charge >= 0.3 is 5.97 Å². The number of nitrogens with one attached hydrogen (secondary N) is 1. The van der Waals surface area contributed by atoms with Crippen molar-refractivity contribution in [3.05, 3.63) is 28.8 Å². The molecule has 22 heavy (non-hydrogen) atoms. The SMILES string of the molecule is C[C@H]1CCCC[C@H]1NC(=O)COC(=O)c1ccc(Cl)c(N)c1. The number of carbonyl (C=O) groups excluding carboxylic acids is 2. The summed E-state index contributed by atoms with van der Waals surface area (Å²) in [6.07, 6.45) is 4.43. The van der Waals surface area contributed by atoms with E-state index >= 15 is 0 Å². The van der Waals surface area contributed by atoms with Crippen LogP contribution in [0.25, 0.3) is 0 Å². The fourth-order valence-electron chi connectivity index (χ4n) is 2.66. The minimum Gasteiger partial charge on any atom is -0.452 e. The number of esters is 1. The zero-order valence-electron chi connectivity index (χ0n) is 12.6. The zero-order valence-corrected chi connectivity index (χ0v) is 13.4. The van der Waals surface area contributed by atoms with E-state index in [2.05, 4.69) is 12.2 Å². The lowest BCUT2D eigenvalue weighted by atomic mass is 9.86. The molecule has 6 heteroatoms. The molecule has 0 aliphatic heterocycles. The van der Waals surface area contributed by atoms with Crippen LogP contribution < -0.4 is 11.1 Å². The molecule has 1 fully saturated rings. The first kappa shape index (κ1) is 16.6. The van der Waals surface area contributed by atoms with Gasteiger partial charge in [-0.3, -0.25) is 4.79 Å². The van der Waals surface area contributed by atoms with Crippen molar-refractivity contribution in [3.8, 4) is 0 Å². The first-order valence-corrected chi connectivity index (χ1v) is 7.86. The van der Waals surface area contributed by atoms with Crippen LogP contribution in [0.5, 0.6) is 0 Å². The van der Waals surface area contributed by atoms with Gasteiger partial charge in [0.15, 0.2) is 6.61 Å². The highest BCUT2D eigenvalue weighted by Gasteiger charge is 2.23. The van der Waals surface area contributed by atoms with E-state index in [-0.39, 0.29) is 24.1 Å². The van der Waals surface area contributed by atoms with E-state index in [1.54, 1.807) is 0 Å². The van der Waals surface area contributed by atoms with Crippen molar-refractivity contribution < 1.29 is 14.3 Å². The number of rotatable bonds is 4. The molecule has 0 bridgehead atoms. The highest BCUT2D eigenvalue weighted by atomic mass is 35.5. The molecule has 1 amide bonds. The number of hydrogen-bond acceptors (Lipinski definition) is 4. The molecule has 0 radical (unpaired) electrons. The second-order valence-corrected chi connectivity index (χ2v) is 6.16. The lowest BCUT2D eigenvalue weighted by Gasteiger charge is -2.29. The predicted octanol–water partition coefficient (Wildman–Crippen LogP) is 2.77. The minimum atomic E-state index is -0.588. The fraction of sp³-hybridized carbons (Fsp3) is 0.500. The summed E-state index contributed by atoms with van der Waals surface area (Å²) in [6.45, 7) is 1.84. The van der Waals surface area contributed by atoms with Crippen LogP contribution in [-0.4, -0.2) is 24.5 Å². The Morgan fingerprint density at radius 3 is 2.77 bits per heavy atom. The van der Waals surface area contributed by atoms with Crippen LogP contribution in [0.2, 0.25) is 5.02 Å². The van der Waals surface area contributed by atoms with E-state index in [9.17, 15) is 9.59 Å². The smallest absolute Gasteiger partial charge is 0.338 e. The first-order valence-electron chi connectivity index (χ1n) is 7.49. The number of carbonyl (C=O) groups is 2. The van der Waals surface area contributed by atoms with E-state index in [1.807, 2.05) is 0 Å². The van der Waals surface area contributed by atoms with E-state index in [0.717, 1.165) is 19.3 Å². The van der Waals surface area contributed by atoms with Gasteiger partial charge in [-0.2, -0.15) is 0 Å². The van der Waals surface area contributed by atoms with Crippen LogP contribution in [0, 0.1) is 5.92 Å². The molecule has 2 rings (SSSR count). The van der Waals surface area contributed by atoms with E-state index in [0.29, 0.717) is 16.6 Å². The van der Waals surface area contributed by atoms with Crippen LogP contribution in [0.4, 0.5) is 5.69 Å². The number of nitrogens with two attached hydrogens (primary N) is 1. The van der Waals surface area contributed by atoms with Crippen molar-refractivity contribution in [3.63, 3.8) is 0 Å². The molecule has 0 unspecified atom stereocenters. The van der Waals surface area contributed by atoms with Crippen LogP contribution in [0.3, 0.4) is 0 Å². The Kier molecular flexibility index (Phi) is 5.66. The molecule has 1 saturated carbocycles. The molecular weight excluding hydrogens is 304 g/mol. The van der Waals surface area contributed by atoms with Crippen molar-refractivity contribution >= 4 is 29.2 Å². The van der Waals surface area contributed by atoms with Crippen LogP contribution in [0.1, 0.15) is 43.0 Å². The van der Waals surface area contributed by atoms with Gasteiger partial charge in [0.05, 0.1) is 16.3 Å². The molecule has 1 aromatic rings. The van der Waals surface area contributed by atoms with Crippen molar-refractivity contribution in [2.75, 3.05) is 12.3 Å². The van der Waals surface area contributed by atoms with Gasteiger partial charge in [-0.15, -0.1) is 0 Å². The molecule has 5 nitrogen and oxygen atoms in total. The van der Waals surface area contributed by atoms with Gasteiger partial charge in [0.1, 0.15) is 0 Å². The number of anilines is 1. The van der Waals surface area contributed by atoms with Crippen molar-refractivity contribution in [1.29, 1.82) is 0 Å². The number of ether oxygens (including phenoxy) is 1. The van der Waals surface area contributed by atoms with Gasteiger partial charge in [0.25, 0.3) is 5.91 Å². The molecule has 0 aromatic heterocycles. The highest BCUT2D eigenvalue weighted by molar-refractivity contribution is 6.33. The molecule has 0 saturated heterocycles. The maximum atomic E-state index is 11.9. The summed E-state index contributed by atoms with van der Waals surface area (Å²) in [4.78, 5) is 23.7. The average molecular weight is 325 g/mol. The molecule has 120 valence electrons. The quantitative estimate of drug-likeness (QED) is 0.659. The lowest BCUT2D eigenvalue weighted by Crippen LogP contribution is -2.42. The molecule has 3 N–H and O–H groups in total. The maximum Gasteiger partial charge on any atom is 0.338 e. The van der Waals surface area contributed by atoms with Gasteiger partial charge in [-0.25, -0.2) is 4.79 Å². The highest BCUT2D eigenvalue weighted by Crippen LogP contribution is 2.23. The van der Waals surface area contributed by atoms with Gasteiger partial charge in [-0.05, 0) is 37.0 Å². The molecule has 0 spiro atoms. The summed E-state index contributed by atoms with van der Waals surface area (Å²) < 4.78 is 5.01. The van der Waals surface area contributed by atoms with E-state index < -0.39 is 5.97 Å². The topological polar surface area (TPSA) is 81.4 Å². The normalized spacial score (nSPS) is 21.2. The fourth-order valence-corrected chi connectivity index (χ4v) is 2.78. The Hall–Kier alpha value is -1.75. The minimum absolute atomic E-state index is 0.172. The molecular formula is C16H21ClN2O3. The van der Waals surface area contributed by atoms with Crippen LogP contribution in [-0.2, 0) is 9.53 Å². The van der Waals surface area contributed by atoms with Gasteiger partial charge in [0.2, 0.25) is 0 Å². The van der Waals surface area contributed by atoms with Gasteiger partial charge < -0.3 is 15.8 Å². The van der Waals surface area contributed by atoms with Crippen LogP contribution >= 0.6 is 11.6 Å². The molecule has 1 aliphatic rings. The standard InChI is InChI=1S/C16H21ClN2O3/c1-10-4-2-3-5-14(10)19-15(20)9-22-16(21)11-6-7-12(17)13(18)8-11/h6-8,10,14H,2-5,9,18H2,1H3,(H,19,20)/t10-,14+/m0/s1.